The van der Waals surface area contributed by atoms with Crippen LogP contribution in [0.25, 0.3) is 0 Å². The van der Waals surface area contributed by atoms with Crippen molar-refractivity contribution in [3.05, 3.63) is 29.8 Å². The number of rotatable bonds is 11. The van der Waals surface area contributed by atoms with E-state index < -0.39 is 61.4 Å². The maximum atomic E-state index is 12.9. The molecule has 2 rings (SSSR count). The van der Waals surface area contributed by atoms with Gasteiger partial charge in [-0.2, -0.15) is 0 Å². The molecule has 9 N–H and O–H groups in total. The predicted molar refractivity (Wildman–Crippen MR) is 111 cm³/mol. The summed E-state index contributed by atoms with van der Waals surface area (Å²) in [5.41, 5.74) is 9.08. The Morgan fingerprint density at radius 1 is 1.09 bits per heavy atom. The minimum atomic E-state index is -4.78. The van der Waals surface area contributed by atoms with Crippen LogP contribution >= 0.6 is 7.82 Å². The molecule has 1 aliphatic carbocycles. The van der Waals surface area contributed by atoms with Gasteiger partial charge in [-0.25, -0.2) is 4.57 Å². The molecular formula is C18H24N5O9P. The van der Waals surface area contributed by atoms with E-state index in [9.17, 15) is 28.5 Å². The van der Waals surface area contributed by atoms with Crippen molar-refractivity contribution in [1.29, 1.82) is 0 Å². The summed E-state index contributed by atoms with van der Waals surface area (Å²) in [5.74, 6) is -4.06. The minimum absolute atomic E-state index is 0.168. The lowest BCUT2D eigenvalue weighted by Crippen LogP contribution is -2.56. The summed E-state index contributed by atoms with van der Waals surface area (Å²) in [7, 11) is -4.78. The minimum Gasteiger partial charge on any atom is -0.404 e. The third-order valence-electron chi connectivity index (χ3n) is 4.65. The highest BCUT2D eigenvalue weighted by Crippen LogP contribution is 2.38. The quantitative estimate of drug-likeness (QED) is 0.168. The number of amides is 5. The van der Waals surface area contributed by atoms with Gasteiger partial charge in [-0.15, -0.1) is 0 Å². The third-order valence-corrected chi connectivity index (χ3v) is 5.10. The molecule has 1 aliphatic rings. The lowest BCUT2D eigenvalue weighted by molar-refractivity contribution is -0.134. The van der Waals surface area contributed by atoms with Gasteiger partial charge in [-0.3, -0.25) is 33.8 Å². The van der Waals surface area contributed by atoms with Gasteiger partial charge in [-0.1, -0.05) is 12.1 Å². The van der Waals surface area contributed by atoms with Gasteiger partial charge in [0.15, 0.2) is 0 Å². The van der Waals surface area contributed by atoms with Crippen molar-refractivity contribution in [2.75, 3.05) is 0 Å². The van der Waals surface area contributed by atoms with Gasteiger partial charge >= 0.3 is 7.82 Å². The van der Waals surface area contributed by atoms with Crippen LogP contribution in [0.2, 0.25) is 0 Å². The summed E-state index contributed by atoms with van der Waals surface area (Å²) in [6, 6.07) is 2.39. The van der Waals surface area contributed by atoms with Crippen molar-refractivity contribution in [1.82, 2.24) is 16.0 Å². The van der Waals surface area contributed by atoms with Crippen molar-refractivity contribution in [3.8, 4) is 5.75 Å². The molecule has 180 valence electrons. The Labute approximate surface area is 187 Å². The number of primary amides is 2. The fourth-order valence-corrected chi connectivity index (χ4v) is 3.32. The number of carbonyl (C=O) groups excluding carboxylic acids is 5. The van der Waals surface area contributed by atoms with E-state index >= 15 is 0 Å². The SMILES string of the molecule is CC(=O)N[C@H](C(=O)NC1(C(=O)N[C@@H](CC(N)=O)C(N)=O)CC1)c1ccc(OP(=O)(O)O)cc1. The molecule has 0 bridgehead atoms. The molecule has 33 heavy (non-hydrogen) atoms. The lowest BCUT2D eigenvalue weighted by atomic mass is 10.0. The fourth-order valence-electron chi connectivity index (χ4n) is 2.92. The molecule has 0 aliphatic heterocycles. The normalized spacial score (nSPS) is 16.0. The topological polar surface area (TPSA) is 240 Å². The number of hydrogen-bond donors (Lipinski definition) is 7. The Hall–Kier alpha value is -3.48. The van der Waals surface area contributed by atoms with E-state index in [1.54, 1.807) is 0 Å². The molecule has 1 fully saturated rings. The number of benzene rings is 1. The molecule has 1 aromatic rings. The van der Waals surface area contributed by atoms with Crippen molar-refractivity contribution in [2.24, 2.45) is 11.5 Å². The zero-order chi connectivity index (χ0) is 25.0. The molecule has 0 saturated heterocycles. The summed E-state index contributed by atoms with van der Waals surface area (Å²) in [6.45, 7) is 1.17. The summed E-state index contributed by atoms with van der Waals surface area (Å²) in [6.07, 6.45) is -0.0500. The first-order valence-corrected chi connectivity index (χ1v) is 11.1. The van der Waals surface area contributed by atoms with E-state index in [0.717, 1.165) is 0 Å². The average molecular weight is 485 g/mol. The lowest BCUT2D eigenvalue weighted by Gasteiger charge is -2.24. The molecule has 1 saturated carbocycles. The van der Waals surface area contributed by atoms with E-state index in [1.807, 2.05) is 0 Å². The van der Waals surface area contributed by atoms with Crippen molar-refractivity contribution in [2.45, 2.75) is 43.8 Å². The van der Waals surface area contributed by atoms with E-state index in [0.29, 0.717) is 0 Å². The van der Waals surface area contributed by atoms with Crippen LogP contribution in [0.1, 0.15) is 37.8 Å². The summed E-state index contributed by atoms with van der Waals surface area (Å²) in [5, 5.41) is 7.26. The van der Waals surface area contributed by atoms with Crippen LogP contribution in [0.5, 0.6) is 5.75 Å². The van der Waals surface area contributed by atoms with Crippen LogP contribution in [0.15, 0.2) is 24.3 Å². The van der Waals surface area contributed by atoms with E-state index in [4.69, 9.17) is 21.3 Å². The second kappa shape index (κ2) is 9.98. The fraction of sp³-hybridized carbons (Fsp3) is 0.389. The van der Waals surface area contributed by atoms with E-state index in [2.05, 4.69) is 20.5 Å². The maximum absolute atomic E-state index is 12.9. The van der Waals surface area contributed by atoms with Crippen LogP contribution in [-0.4, -0.2) is 50.9 Å². The van der Waals surface area contributed by atoms with Crippen molar-refractivity contribution in [3.63, 3.8) is 0 Å². The Bertz CT molecular complexity index is 1000. The molecule has 0 radical (unpaired) electrons. The second-order valence-corrected chi connectivity index (χ2v) is 8.62. The molecule has 0 heterocycles. The van der Waals surface area contributed by atoms with E-state index in [1.165, 1.54) is 31.2 Å². The molecule has 5 amide bonds. The van der Waals surface area contributed by atoms with Gasteiger partial charge in [0.25, 0.3) is 0 Å². The molecule has 0 spiro atoms. The first-order valence-electron chi connectivity index (χ1n) is 9.55. The summed E-state index contributed by atoms with van der Waals surface area (Å²) in [4.78, 5) is 77.5. The van der Waals surface area contributed by atoms with Gasteiger partial charge in [-0.05, 0) is 30.5 Å². The first kappa shape index (κ1) is 25.8. The van der Waals surface area contributed by atoms with Gasteiger partial charge in [0.2, 0.25) is 29.5 Å². The highest BCUT2D eigenvalue weighted by Gasteiger charge is 2.52. The van der Waals surface area contributed by atoms with Crippen LogP contribution in [0, 0.1) is 0 Å². The van der Waals surface area contributed by atoms with Gasteiger partial charge in [0.1, 0.15) is 23.4 Å². The molecule has 0 aromatic heterocycles. The summed E-state index contributed by atoms with van der Waals surface area (Å²) >= 11 is 0. The number of nitrogens with one attached hydrogen (secondary N) is 3. The molecule has 1 aromatic carbocycles. The Morgan fingerprint density at radius 3 is 2.09 bits per heavy atom. The first-order chi connectivity index (χ1) is 15.2. The highest BCUT2D eigenvalue weighted by molar-refractivity contribution is 7.46. The van der Waals surface area contributed by atoms with Crippen LogP contribution in [-0.2, 0) is 28.5 Å². The molecule has 14 nitrogen and oxygen atoms in total. The van der Waals surface area contributed by atoms with Crippen LogP contribution in [0.4, 0.5) is 0 Å². The largest absolute Gasteiger partial charge is 0.524 e. The van der Waals surface area contributed by atoms with Gasteiger partial charge in [0, 0.05) is 6.92 Å². The zero-order valence-corrected chi connectivity index (χ0v) is 18.3. The zero-order valence-electron chi connectivity index (χ0n) is 17.4. The van der Waals surface area contributed by atoms with Gasteiger partial charge in [0.05, 0.1) is 6.42 Å². The summed E-state index contributed by atoms with van der Waals surface area (Å²) < 4.78 is 15.4. The number of hydrogen-bond acceptors (Lipinski definition) is 7. The number of phosphoric acid groups is 1. The maximum Gasteiger partial charge on any atom is 0.524 e. The smallest absolute Gasteiger partial charge is 0.404 e. The monoisotopic (exact) mass is 485 g/mol. The average Bonchev–Trinajstić information content (AvgIpc) is 3.45. The second-order valence-electron chi connectivity index (χ2n) is 7.45. The molecule has 15 heteroatoms. The standard InChI is InChI=1S/C18H24N5O9P/c1-9(24)21-14(10-2-4-11(5-3-10)32-33(29,30)31)16(27)23-18(6-7-18)17(28)22-12(15(20)26)8-13(19)25/h2-5,12,14H,6-8H2,1H3,(H2,19,25)(H2,20,26)(H,21,24)(H,22,28)(H,23,27)(H2,29,30,31)/t12-,14-/m0/s1. The molecule has 0 unspecified atom stereocenters. The predicted octanol–water partition coefficient (Wildman–Crippen LogP) is -2.17. The number of phosphoric ester groups is 1. The number of nitrogens with two attached hydrogens (primary N) is 2. The van der Waals surface area contributed by atoms with Crippen LogP contribution < -0.4 is 31.9 Å². The third kappa shape index (κ3) is 7.56. The van der Waals surface area contributed by atoms with Crippen LogP contribution in [0.3, 0.4) is 0 Å². The Morgan fingerprint density at radius 2 is 1.67 bits per heavy atom. The highest BCUT2D eigenvalue weighted by atomic mass is 31.2. The van der Waals surface area contributed by atoms with Crippen molar-refractivity contribution < 1.29 is 42.8 Å². The molecule has 2 atom stereocenters. The molecular weight excluding hydrogens is 461 g/mol. The van der Waals surface area contributed by atoms with Crippen molar-refractivity contribution >= 4 is 37.4 Å². The van der Waals surface area contributed by atoms with E-state index in [-0.39, 0.29) is 24.2 Å². The Kier molecular flexibility index (Phi) is 7.80. The number of carbonyl (C=O) groups is 5. The Balaban J connectivity index is 2.17. The van der Waals surface area contributed by atoms with Gasteiger partial charge < -0.3 is 31.9 Å².